The van der Waals surface area contributed by atoms with Crippen LogP contribution in [0.1, 0.15) is 39.5 Å². The molecule has 0 amide bonds. The Balaban J connectivity index is 2.08. The van der Waals surface area contributed by atoms with Gasteiger partial charge < -0.3 is 10.1 Å². The van der Waals surface area contributed by atoms with Crippen LogP contribution in [-0.4, -0.2) is 50.8 Å². The molecule has 1 fully saturated rings. The molecule has 3 heteroatoms. The average Bonchev–Trinajstić information content (AvgIpc) is 2.28. The summed E-state index contributed by atoms with van der Waals surface area (Å²) in [6.07, 6.45) is 5.64. The predicted molar refractivity (Wildman–Crippen MR) is 73.4 cm³/mol. The first kappa shape index (κ1) is 14.9. The van der Waals surface area contributed by atoms with Crippen molar-refractivity contribution in [3.8, 4) is 0 Å². The summed E-state index contributed by atoms with van der Waals surface area (Å²) in [7, 11) is 2.02. The Labute approximate surface area is 107 Å². The van der Waals surface area contributed by atoms with Gasteiger partial charge in [0.15, 0.2) is 0 Å². The molecule has 1 rings (SSSR count). The Hall–Kier alpha value is -0.120. The third-order valence-electron chi connectivity index (χ3n) is 3.30. The van der Waals surface area contributed by atoms with Gasteiger partial charge in [0.1, 0.15) is 0 Å². The zero-order valence-corrected chi connectivity index (χ0v) is 11.9. The number of nitrogens with one attached hydrogen (secondary N) is 1. The van der Waals surface area contributed by atoms with Gasteiger partial charge in [-0.05, 0) is 32.4 Å². The molecule has 0 aromatic carbocycles. The summed E-state index contributed by atoms with van der Waals surface area (Å²) in [6, 6.07) is 0. The summed E-state index contributed by atoms with van der Waals surface area (Å²) in [5, 5.41) is 3.20. The molecule has 1 atom stereocenters. The van der Waals surface area contributed by atoms with Crippen molar-refractivity contribution >= 4 is 0 Å². The number of ether oxygens (including phenoxy) is 1. The standard InChI is InChI=1S/C14H30N2O/c1-13(2)11-16-9-10-17-14(12-16)7-5-4-6-8-15-3/h13-15H,4-12H2,1-3H3/t14-/m1/s1. The molecule has 0 aliphatic carbocycles. The molecule has 0 radical (unpaired) electrons. The van der Waals surface area contributed by atoms with E-state index < -0.39 is 0 Å². The molecule has 0 spiro atoms. The lowest BCUT2D eigenvalue weighted by molar-refractivity contribution is -0.0360. The second-order valence-corrected chi connectivity index (χ2v) is 5.60. The molecule has 17 heavy (non-hydrogen) atoms. The Morgan fingerprint density at radius 2 is 2.12 bits per heavy atom. The fourth-order valence-electron chi connectivity index (χ4n) is 2.49. The van der Waals surface area contributed by atoms with Crippen LogP contribution < -0.4 is 5.32 Å². The molecule has 0 unspecified atom stereocenters. The van der Waals surface area contributed by atoms with Gasteiger partial charge in [0.2, 0.25) is 0 Å². The van der Waals surface area contributed by atoms with Gasteiger partial charge in [-0.25, -0.2) is 0 Å². The number of rotatable bonds is 8. The number of nitrogens with zero attached hydrogens (tertiary/aromatic N) is 1. The van der Waals surface area contributed by atoms with Crippen molar-refractivity contribution < 1.29 is 4.74 Å². The van der Waals surface area contributed by atoms with E-state index in [1.54, 1.807) is 0 Å². The highest BCUT2D eigenvalue weighted by Gasteiger charge is 2.20. The topological polar surface area (TPSA) is 24.5 Å². The maximum Gasteiger partial charge on any atom is 0.0702 e. The van der Waals surface area contributed by atoms with E-state index in [0.717, 1.165) is 32.2 Å². The summed E-state index contributed by atoms with van der Waals surface area (Å²) in [5.74, 6) is 0.768. The van der Waals surface area contributed by atoms with Crippen molar-refractivity contribution in [2.75, 3.05) is 39.8 Å². The second kappa shape index (κ2) is 8.90. The molecule has 0 aromatic rings. The van der Waals surface area contributed by atoms with Crippen LogP contribution in [0.25, 0.3) is 0 Å². The van der Waals surface area contributed by atoms with E-state index in [1.165, 1.54) is 32.2 Å². The fourth-order valence-corrected chi connectivity index (χ4v) is 2.49. The lowest BCUT2D eigenvalue weighted by Crippen LogP contribution is -2.43. The molecule has 1 aliphatic rings. The predicted octanol–water partition coefficient (Wildman–Crippen LogP) is 2.12. The van der Waals surface area contributed by atoms with Crippen LogP contribution in [0.4, 0.5) is 0 Å². The number of unbranched alkanes of at least 4 members (excludes halogenated alkanes) is 2. The lowest BCUT2D eigenvalue weighted by Gasteiger charge is -2.34. The van der Waals surface area contributed by atoms with Crippen molar-refractivity contribution in [2.24, 2.45) is 5.92 Å². The SMILES string of the molecule is CNCCCCC[C@@H]1CN(CC(C)C)CCO1. The summed E-state index contributed by atoms with van der Waals surface area (Å²) < 4.78 is 5.84. The van der Waals surface area contributed by atoms with Gasteiger partial charge in [0, 0.05) is 19.6 Å². The molecule has 0 saturated carbocycles. The lowest BCUT2D eigenvalue weighted by atomic mass is 10.1. The molecular weight excluding hydrogens is 212 g/mol. The van der Waals surface area contributed by atoms with E-state index in [4.69, 9.17) is 4.74 Å². The first-order valence-corrected chi connectivity index (χ1v) is 7.21. The Kier molecular flexibility index (Phi) is 7.82. The first-order valence-electron chi connectivity index (χ1n) is 7.21. The number of morpholine rings is 1. The Morgan fingerprint density at radius 3 is 2.82 bits per heavy atom. The Bertz CT molecular complexity index is 185. The number of hydrogen-bond donors (Lipinski definition) is 1. The van der Waals surface area contributed by atoms with E-state index in [1.807, 2.05) is 7.05 Å². The normalized spacial score (nSPS) is 22.2. The number of hydrogen-bond acceptors (Lipinski definition) is 3. The van der Waals surface area contributed by atoms with Crippen LogP contribution in [0.3, 0.4) is 0 Å². The molecular formula is C14H30N2O. The van der Waals surface area contributed by atoms with E-state index >= 15 is 0 Å². The van der Waals surface area contributed by atoms with Gasteiger partial charge in [-0.3, -0.25) is 4.90 Å². The minimum Gasteiger partial charge on any atom is -0.376 e. The minimum atomic E-state index is 0.483. The zero-order chi connectivity index (χ0) is 12.5. The van der Waals surface area contributed by atoms with Gasteiger partial charge in [-0.15, -0.1) is 0 Å². The summed E-state index contributed by atoms with van der Waals surface area (Å²) >= 11 is 0. The summed E-state index contributed by atoms with van der Waals surface area (Å²) in [6.45, 7) is 10.1. The molecule has 1 aliphatic heterocycles. The third kappa shape index (κ3) is 7.02. The molecule has 3 nitrogen and oxygen atoms in total. The first-order chi connectivity index (χ1) is 8.22. The highest BCUT2D eigenvalue weighted by Crippen LogP contribution is 2.13. The van der Waals surface area contributed by atoms with Gasteiger partial charge in [0.05, 0.1) is 12.7 Å². The van der Waals surface area contributed by atoms with Crippen molar-refractivity contribution in [3.63, 3.8) is 0 Å². The summed E-state index contributed by atoms with van der Waals surface area (Å²) in [4.78, 5) is 2.56. The van der Waals surface area contributed by atoms with E-state index in [-0.39, 0.29) is 0 Å². The van der Waals surface area contributed by atoms with Crippen molar-refractivity contribution in [3.05, 3.63) is 0 Å². The largest absolute Gasteiger partial charge is 0.376 e. The van der Waals surface area contributed by atoms with Crippen LogP contribution in [0.2, 0.25) is 0 Å². The minimum absolute atomic E-state index is 0.483. The highest BCUT2D eigenvalue weighted by atomic mass is 16.5. The van der Waals surface area contributed by atoms with Crippen LogP contribution in [0.5, 0.6) is 0 Å². The van der Waals surface area contributed by atoms with Crippen LogP contribution in [0, 0.1) is 5.92 Å². The fraction of sp³-hybridized carbons (Fsp3) is 1.00. The van der Waals surface area contributed by atoms with Crippen molar-refractivity contribution in [2.45, 2.75) is 45.6 Å². The average molecular weight is 242 g/mol. The smallest absolute Gasteiger partial charge is 0.0702 e. The van der Waals surface area contributed by atoms with E-state index in [2.05, 4.69) is 24.1 Å². The van der Waals surface area contributed by atoms with Crippen molar-refractivity contribution in [1.82, 2.24) is 10.2 Å². The van der Waals surface area contributed by atoms with E-state index in [9.17, 15) is 0 Å². The molecule has 0 aromatic heterocycles. The maximum atomic E-state index is 5.84. The molecule has 0 bridgehead atoms. The van der Waals surface area contributed by atoms with E-state index in [0.29, 0.717) is 6.10 Å². The quantitative estimate of drug-likeness (QED) is 0.660. The van der Waals surface area contributed by atoms with Gasteiger partial charge in [0.25, 0.3) is 0 Å². The highest BCUT2D eigenvalue weighted by molar-refractivity contribution is 4.72. The molecule has 1 saturated heterocycles. The zero-order valence-electron chi connectivity index (χ0n) is 11.9. The second-order valence-electron chi connectivity index (χ2n) is 5.60. The monoisotopic (exact) mass is 242 g/mol. The molecule has 102 valence electrons. The third-order valence-corrected chi connectivity index (χ3v) is 3.30. The maximum absolute atomic E-state index is 5.84. The molecule has 1 heterocycles. The van der Waals surface area contributed by atoms with Gasteiger partial charge >= 0.3 is 0 Å². The van der Waals surface area contributed by atoms with Gasteiger partial charge in [-0.2, -0.15) is 0 Å². The molecule has 1 N–H and O–H groups in total. The van der Waals surface area contributed by atoms with Crippen LogP contribution in [-0.2, 0) is 4.74 Å². The summed E-state index contributed by atoms with van der Waals surface area (Å²) in [5.41, 5.74) is 0. The van der Waals surface area contributed by atoms with Crippen molar-refractivity contribution in [1.29, 1.82) is 0 Å². The van der Waals surface area contributed by atoms with Crippen LogP contribution >= 0.6 is 0 Å². The van der Waals surface area contributed by atoms with Crippen LogP contribution in [0.15, 0.2) is 0 Å². The Morgan fingerprint density at radius 1 is 1.29 bits per heavy atom. The van der Waals surface area contributed by atoms with Gasteiger partial charge in [-0.1, -0.05) is 26.7 Å².